The molecular formula is C46H56ClFN12O6. The Hall–Kier alpha value is -5.92. The molecule has 3 aromatic heterocycles. The van der Waals surface area contributed by atoms with E-state index in [1.54, 1.807) is 22.5 Å². The molecule has 6 amide bonds. The van der Waals surface area contributed by atoms with Crippen LogP contribution < -0.4 is 25.8 Å². The number of nitrogens with zero attached hydrogens (tertiary/aromatic N) is 9. The molecule has 2 saturated carbocycles. The largest absolute Gasteiger partial charge is 0.400 e. The standard InChI is InChI=1S/C45H52ClFN12O5.CH4O/c1-27-39(46)34(58-14-10-37(60)52-43(58)64)19-32(50-27)42(63)55-15-11-44(12-16-55)24-45(47,25-44)26-54-17-18-56(38(61)23-54)22-28-5-3-8-33-30(28)9-13-57(33)36-20-31(48-2)40-49-21-35(59(40)53-36)41(62)51-29-6-4-7-29;1-2/h3,5,8,19-21,29,48H,4,6-7,9-18,22-26H2,1-2H3,(H,51,62)(H,52,60,64);2H,1H3. The third kappa shape index (κ3) is 8.51. The highest BCUT2D eigenvalue weighted by Crippen LogP contribution is 2.57. The number of aliphatic hydroxyl groups excluding tert-OH is 1. The fraction of sp³-hybridized carbons (Fsp3) is 0.522. The van der Waals surface area contributed by atoms with Crippen LogP contribution in [0.1, 0.15) is 89.2 Å². The number of pyridine rings is 1. The molecule has 6 aliphatic rings. The molecular weight excluding hydrogens is 871 g/mol. The van der Waals surface area contributed by atoms with E-state index >= 15 is 4.39 Å². The van der Waals surface area contributed by atoms with Crippen LogP contribution in [0.2, 0.25) is 5.02 Å². The van der Waals surface area contributed by atoms with Crippen LogP contribution in [0.4, 0.5) is 32.1 Å². The van der Waals surface area contributed by atoms with Crippen LogP contribution in [0.3, 0.4) is 0 Å². The zero-order chi connectivity index (χ0) is 46.5. The fourth-order valence-corrected chi connectivity index (χ4v) is 10.8. The first kappa shape index (κ1) is 45.2. The maximum absolute atomic E-state index is 16.4. The maximum Gasteiger partial charge on any atom is 0.328 e. The SMILES string of the molecule is CNc1cc(N2CCc3c(CN4CCN(CC5(F)CC6(CCN(C(=O)c7cc(N8CCC(=O)NC8=O)c(Cl)c(C)n7)CC6)C5)CC4=O)cccc32)nn2c(C(=O)NC3CCC3)cnc12.CO. The fourth-order valence-electron chi connectivity index (χ4n) is 10.6. The van der Waals surface area contributed by atoms with Crippen molar-refractivity contribution in [2.24, 2.45) is 5.41 Å². The summed E-state index contributed by atoms with van der Waals surface area (Å²) in [5.41, 5.74) is 4.27. The van der Waals surface area contributed by atoms with E-state index in [-0.39, 0.29) is 71.9 Å². The van der Waals surface area contributed by atoms with E-state index in [9.17, 15) is 24.0 Å². The van der Waals surface area contributed by atoms with Crippen molar-refractivity contribution in [1.29, 1.82) is 0 Å². The number of aromatic nitrogens is 4. The number of anilines is 4. The first-order chi connectivity index (χ1) is 31.8. The maximum atomic E-state index is 16.4. The van der Waals surface area contributed by atoms with Crippen LogP contribution in [0.5, 0.6) is 0 Å². The van der Waals surface area contributed by atoms with E-state index in [2.05, 4.69) is 43.0 Å². The number of benzene rings is 1. The lowest BCUT2D eigenvalue weighted by molar-refractivity contribution is -0.142. The van der Waals surface area contributed by atoms with Crippen molar-refractivity contribution < 1.29 is 33.5 Å². The molecule has 0 bridgehead atoms. The number of alkyl halides is 1. The minimum atomic E-state index is -1.40. The molecule has 1 aromatic carbocycles. The van der Waals surface area contributed by atoms with Crippen molar-refractivity contribution in [1.82, 2.24) is 44.9 Å². The van der Waals surface area contributed by atoms with E-state index in [4.69, 9.17) is 21.8 Å². The highest BCUT2D eigenvalue weighted by molar-refractivity contribution is 6.34. The lowest BCUT2D eigenvalue weighted by Gasteiger charge is -2.56. The number of rotatable bonds is 10. The third-order valence-electron chi connectivity index (χ3n) is 14.2. The van der Waals surface area contributed by atoms with Gasteiger partial charge in [-0.15, -0.1) is 5.10 Å². The Morgan fingerprint density at radius 2 is 1.74 bits per heavy atom. The van der Waals surface area contributed by atoms with Crippen molar-refractivity contribution in [3.8, 4) is 0 Å². The summed E-state index contributed by atoms with van der Waals surface area (Å²) in [6.07, 6.45) is 7.65. The number of imidazole rings is 1. The number of carbonyl (C=O) groups is 5. The summed E-state index contributed by atoms with van der Waals surface area (Å²) >= 11 is 6.51. The molecule has 350 valence electrons. The molecule has 10 rings (SSSR count). The van der Waals surface area contributed by atoms with E-state index in [0.29, 0.717) is 93.5 Å². The summed E-state index contributed by atoms with van der Waals surface area (Å²) < 4.78 is 18.0. The van der Waals surface area contributed by atoms with Crippen molar-refractivity contribution in [2.45, 2.75) is 83.0 Å². The molecule has 0 radical (unpaired) electrons. The summed E-state index contributed by atoms with van der Waals surface area (Å²) in [6, 6.07) is 9.20. The average molecular weight is 927 g/mol. The molecule has 5 fully saturated rings. The van der Waals surface area contributed by atoms with Crippen molar-refractivity contribution in [3.05, 3.63) is 69.8 Å². The number of nitrogens with one attached hydrogen (secondary N) is 3. The Morgan fingerprint density at radius 1 is 0.985 bits per heavy atom. The predicted molar refractivity (Wildman–Crippen MR) is 245 cm³/mol. The van der Waals surface area contributed by atoms with Gasteiger partial charge in [0, 0.05) is 90.7 Å². The van der Waals surface area contributed by atoms with Crippen LogP contribution >= 0.6 is 11.6 Å². The molecule has 7 heterocycles. The lowest BCUT2D eigenvalue weighted by atomic mass is 9.55. The summed E-state index contributed by atoms with van der Waals surface area (Å²) in [5.74, 6) is -0.165. The molecule has 20 heteroatoms. The number of likely N-dealkylation sites (tertiary alicyclic amines) is 1. The van der Waals surface area contributed by atoms with Gasteiger partial charge in [0.05, 0.1) is 34.8 Å². The second-order valence-corrected chi connectivity index (χ2v) is 18.8. The number of piperidine rings is 1. The molecule has 0 unspecified atom stereocenters. The van der Waals surface area contributed by atoms with Gasteiger partial charge in [-0.2, -0.15) is 0 Å². The van der Waals surface area contributed by atoms with E-state index in [0.717, 1.165) is 55.3 Å². The number of piperazine rings is 1. The average Bonchev–Trinajstić information content (AvgIpc) is 3.92. The normalized spacial score (nSPS) is 20.4. The highest BCUT2D eigenvalue weighted by Gasteiger charge is 2.57. The topological polar surface area (TPSA) is 201 Å². The molecule has 18 nitrogen and oxygen atoms in total. The summed E-state index contributed by atoms with van der Waals surface area (Å²) in [5, 5.41) is 20.8. The molecule has 2 aliphatic carbocycles. The third-order valence-corrected chi connectivity index (χ3v) is 14.7. The van der Waals surface area contributed by atoms with Gasteiger partial charge in [-0.25, -0.2) is 23.7 Å². The molecule has 3 saturated heterocycles. The molecule has 66 heavy (non-hydrogen) atoms. The Bertz CT molecular complexity index is 2590. The van der Waals surface area contributed by atoms with Crippen LogP contribution in [0.15, 0.2) is 36.5 Å². The Kier molecular flexibility index (Phi) is 12.4. The number of amides is 6. The first-order valence-corrected chi connectivity index (χ1v) is 23.1. The minimum Gasteiger partial charge on any atom is -0.400 e. The molecule has 1 spiro atoms. The monoisotopic (exact) mass is 926 g/mol. The second kappa shape index (κ2) is 18.0. The number of imide groups is 1. The number of fused-ring (bicyclic) bond motifs is 2. The van der Waals surface area contributed by atoms with Gasteiger partial charge in [-0.3, -0.25) is 34.3 Å². The predicted octanol–water partition coefficient (Wildman–Crippen LogP) is 4.23. The van der Waals surface area contributed by atoms with Gasteiger partial charge >= 0.3 is 6.03 Å². The van der Waals surface area contributed by atoms with Gasteiger partial charge in [0.15, 0.2) is 17.2 Å². The van der Waals surface area contributed by atoms with Gasteiger partial charge in [0.25, 0.3) is 11.8 Å². The van der Waals surface area contributed by atoms with Crippen molar-refractivity contribution >= 4 is 69.8 Å². The molecule has 4 N–H and O–H groups in total. The van der Waals surface area contributed by atoms with Crippen LogP contribution in [0, 0.1) is 12.3 Å². The molecule has 4 aliphatic heterocycles. The zero-order valence-electron chi connectivity index (χ0n) is 37.5. The summed E-state index contributed by atoms with van der Waals surface area (Å²) in [6.45, 7) is 5.32. The van der Waals surface area contributed by atoms with Gasteiger partial charge in [-0.05, 0) is 87.0 Å². The zero-order valence-corrected chi connectivity index (χ0v) is 38.3. The minimum absolute atomic E-state index is 0.0228. The Labute approximate surface area is 386 Å². The molecule has 0 atom stereocenters. The molecule has 4 aromatic rings. The lowest BCUT2D eigenvalue weighted by Crippen LogP contribution is -2.61. The summed E-state index contributed by atoms with van der Waals surface area (Å²) in [4.78, 5) is 82.7. The Morgan fingerprint density at radius 3 is 2.44 bits per heavy atom. The smallest absolute Gasteiger partial charge is 0.328 e. The van der Waals surface area contributed by atoms with E-state index < -0.39 is 11.7 Å². The number of halogens is 2. The van der Waals surface area contributed by atoms with Crippen molar-refractivity contribution in [2.75, 3.05) is 81.6 Å². The van der Waals surface area contributed by atoms with E-state index in [1.165, 1.54) is 11.0 Å². The highest BCUT2D eigenvalue weighted by atomic mass is 35.5. The van der Waals surface area contributed by atoms with Crippen molar-refractivity contribution in [3.63, 3.8) is 0 Å². The first-order valence-electron chi connectivity index (χ1n) is 22.8. The van der Waals surface area contributed by atoms with Gasteiger partial charge in [-0.1, -0.05) is 23.7 Å². The number of urea groups is 1. The number of aryl methyl sites for hydroxylation is 1. The Balaban J connectivity index is 0.00000270. The number of hydrogen-bond acceptors (Lipinski definition) is 12. The number of hydrogen-bond donors (Lipinski definition) is 4. The van der Waals surface area contributed by atoms with E-state index in [1.807, 2.05) is 29.0 Å². The second-order valence-electron chi connectivity index (χ2n) is 18.5. The quantitative estimate of drug-likeness (QED) is 0.177. The number of aliphatic hydroxyl groups is 1. The van der Waals surface area contributed by atoms with Gasteiger partial charge in [0.1, 0.15) is 11.4 Å². The summed E-state index contributed by atoms with van der Waals surface area (Å²) in [7, 11) is 2.83. The number of carbonyl (C=O) groups excluding carboxylic acids is 5. The van der Waals surface area contributed by atoms with Crippen LogP contribution in [0.25, 0.3) is 5.65 Å². The van der Waals surface area contributed by atoms with Crippen LogP contribution in [-0.2, 0) is 22.6 Å². The van der Waals surface area contributed by atoms with Crippen LogP contribution in [-0.4, -0.2) is 147 Å². The van der Waals surface area contributed by atoms with Gasteiger partial charge < -0.3 is 30.4 Å². The van der Waals surface area contributed by atoms with Gasteiger partial charge in [0.2, 0.25) is 11.8 Å².